The zero-order chi connectivity index (χ0) is 22.5. The van der Waals surface area contributed by atoms with Crippen LogP contribution in [0.25, 0.3) is 0 Å². The van der Waals surface area contributed by atoms with Crippen LogP contribution in [0.5, 0.6) is 0 Å². The number of carbonyl (C=O) groups excluding carboxylic acids is 2. The van der Waals surface area contributed by atoms with Crippen LogP contribution in [0.1, 0.15) is 58.4 Å². The molecule has 1 aliphatic rings. The lowest BCUT2D eigenvalue weighted by Gasteiger charge is -2.28. The monoisotopic (exact) mass is 457 g/mol. The van der Waals surface area contributed by atoms with Gasteiger partial charge in [0.05, 0.1) is 27.8 Å². The normalized spacial score (nSPS) is 16.7. The first-order valence-electron chi connectivity index (χ1n) is 10.1. The minimum atomic E-state index is -0.994. The topological polar surface area (TPSA) is 92.7 Å². The fraction of sp³-hybridized carbons (Fsp3) is 0.591. The lowest BCUT2D eigenvalue weighted by atomic mass is 9.81. The third-order valence-electron chi connectivity index (χ3n) is 5.25. The first-order valence-corrected chi connectivity index (χ1v) is 10.8. The molecule has 0 radical (unpaired) electrons. The molecule has 2 rings (SSSR count). The smallest absolute Gasteiger partial charge is 0.311 e. The Kier molecular flexibility index (Phi) is 8.17. The first kappa shape index (κ1) is 24.5. The molecule has 0 aliphatic heterocycles. The lowest BCUT2D eigenvalue weighted by Crippen LogP contribution is -2.44. The molecule has 0 aromatic heterocycles. The third kappa shape index (κ3) is 6.88. The van der Waals surface area contributed by atoms with Crippen LogP contribution in [0, 0.1) is 11.3 Å². The van der Waals surface area contributed by atoms with Gasteiger partial charge in [0.25, 0.3) is 0 Å². The molecular weight excluding hydrogens is 429 g/mol. The average molecular weight is 458 g/mol. The number of ether oxygens (including phenoxy) is 1. The predicted octanol–water partition coefficient (Wildman–Crippen LogP) is 4.65. The van der Waals surface area contributed by atoms with Gasteiger partial charge in [0.2, 0.25) is 5.91 Å². The van der Waals surface area contributed by atoms with Gasteiger partial charge >= 0.3 is 11.9 Å². The van der Waals surface area contributed by atoms with Crippen molar-refractivity contribution < 1.29 is 24.2 Å². The van der Waals surface area contributed by atoms with Crippen molar-refractivity contribution in [2.24, 2.45) is 11.3 Å². The Morgan fingerprint density at radius 1 is 1.17 bits per heavy atom. The van der Waals surface area contributed by atoms with Crippen LogP contribution in [0.15, 0.2) is 18.2 Å². The van der Waals surface area contributed by atoms with Crippen molar-refractivity contribution >= 4 is 41.0 Å². The van der Waals surface area contributed by atoms with Crippen molar-refractivity contribution in [2.75, 3.05) is 6.54 Å². The predicted molar refractivity (Wildman–Crippen MR) is 116 cm³/mol. The van der Waals surface area contributed by atoms with Gasteiger partial charge in [-0.05, 0) is 57.7 Å². The van der Waals surface area contributed by atoms with Gasteiger partial charge in [-0.15, -0.1) is 0 Å². The van der Waals surface area contributed by atoms with E-state index in [0.717, 1.165) is 18.4 Å². The number of amides is 1. The zero-order valence-electron chi connectivity index (χ0n) is 17.6. The Bertz CT molecular complexity index is 797. The molecule has 1 aliphatic carbocycles. The highest BCUT2D eigenvalue weighted by atomic mass is 35.5. The Morgan fingerprint density at radius 2 is 1.80 bits per heavy atom. The van der Waals surface area contributed by atoms with Crippen LogP contribution >= 0.6 is 23.2 Å². The van der Waals surface area contributed by atoms with Gasteiger partial charge < -0.3 is 15.2 Å². The van der Waals surface area contributed by atoms with E-state index in [0.29, 0.717) is 29.3 Å². The van der Waals surface area contributed by atoms with E-state index in [2.05, 4.69) is 5.32 Å². The van der Waals surface area contributed by atoms with E-state index >= 15 is 0 Å². The number of nitrogens with one attached hydrogen (secondary N) is 1. The van der Waals surface area contributed by atoms with E-state index in [1.54, 1.807) is 39.0 Å². The van der Waals surface area contributed by atoms with E-state index in [1.807, 2.05) is 0 Å². The summed E-state index contributed by atoms with van der Waals surface area (Å²) in [5.41, 5.74) is -0.795. The van der Waals surface area contributed by atoms with Crippen LogP contribution < -0.4 is 5.32 Å². The molecule has 1 fully saturated rings. The number of esters is 1. The highest BCUT2D eigenvalue weighted by Crippen LogP contribution is 2.41. The second-order valence-corrected chi connectivity index (χ2v) is 9.77. The molecule has 0 spiro atoms. The van der Waals surface area contributed by atoms with Crippen LogP contribution in [0.4, 0.5) is 0 Å². The van der Waals surface area contributed by atoms with Crippen molar-refractivity contribution in [1.82, 2.24) is 5.32 Å². The highest BCUT2D eigenvalue weighted by Gasteiger charge is 2.43. The summed E-state index contributed by atoms with van der Waals surface area (Å²) in [5.74, 6) is -2.39. The summed E-state index contributed by atoms with van der Waals surface area (Å²) in [5, 5.41) is 12.9. The molecule has 1 atom stereocenters. The lowest BCUT2D eigenvalue weighted by molar-refractivity contribution is -0.160. The summed E-state index contributed by atoms with van der Waals surface area (Å²) in [7, 11) is 0. The summed E-state index contributed by atoms with van der Waals surface area (Å²) in [4.78, 5) is 37.0. The van der Waals surface area contributed by atoms with Gasteiger partial charge in [0.1, 0.15) is 5.60 Å². The van der Waals surface area contributed by atoms with Crippen molar-refractivity contribution in [3.8, 4) is 0 Å². The van der Waals surface area contributed by atoms with Crippen LogP contribution in [-0.4, -0.2) is 35.1 Å². The van der Waals surface area contributed by atoms with E-state index in [9.17, 15) is 19.5 Å². The second kappa shape index (κ2) is 10.0. The SMILES string of the molecule is CC(C)(C)OC(=O)C(CNC(=O)C1(CC(=O)O)CCCC1)Cc1ccc(Cl)c(Cl)c1. The standard InChI is InChI=1S/C22H29Cl2NO5/c1-21(2,3)30-19(28)15(10-14-6-7-16(23)17(24)11-14)13-25-20(29)22(12-18(26)27)8-4-5-9-22/h6-7,11,15H,4-5,8-10,12-13H2,1-3H3,(H,25,29)(H,26,27). The van der Waals surface area contributed by atoms with Gasteiger partial charge in [0, 0.05) is 6.54 Å². The number of carboxylic acid groups (broad SMARTS) is 1. The van der Waals surface area contributed by atoms with Crippen molar-refractivity contribution in [1.29, 1.82) is 0 Å². The molecule has 1 saturated carbocycles. The molecule has 0 heterocycles. The van der Waals surface area contributed by atoms with E-state index < -0.39 is 28.9 Å². The summed E-state index contributed by atoms with van der Waals surface area (Å²) >= 11 is 12.1. The second-order valence-electron chi connectivity index (χ2n) is 8.95. The van der Waals surface area contributed by atoms with E-state index in [-0.39, 0.29) is 18.9 Å². The molecule has 1 unspecified atom stereocenters. The molecule has 30 heavy (non-hydrogen) atoms. The summed E-state index contributed by atoms with van der Waals surface area (Å²) < 4.78 is 5.53. The van der Waals surface area contributed by atoms with Gasteiger partial charge in [-0.2, -0.15) is 0 Å². The van der Waals surface area contributed by atoms with E-state index in [4.69, 9.17) is 27.9 Å². The molecule has 0 bridgehead atoms. The van der Waals surface area contributed by atoms with Crippen LogP contribution in [-0.2, 0) is 25.5 Å². The maximum absolute atomic E-state index is 12.9. The van der Waals surface area contributed by atoms with Gasteiger partial charge in [0.15, 0.2) is 0 Å². The minimum absolute atomic E-state index is 0.0510. The third-order valence-corrected chi connectivity index (χ3v) is 5.99. The highest BCUT2D eigenvalue weighted by molar-refractivity contribution is 6.42. The molecule has 1 aromatic carbocycles. The molecule has 1 aromatic rings. The number of carbonyl (C=O) groups is 3. The number of benzene rings is 1. The molecule has 0 saturated heterocycles. The average Bonchev–Trinajstić information content (AvgIpc) is 3.08. The van der Waals surface area contributed by atoms with Crippen LogP contribution in [0.3, 0.4) is 0 Å². The number of carboxylic acids is 1. The van der Waals surface area contributed by atoms with Crippen molar-refractivity contribution in [3.63, 3.8) is 0 Å². The first-order chi connectivity index (χ1) is 13.9. The molecule has 1 amide bonds. The Labute approximate surface area is 187 Å². The van der Waals surface area contributed by atoms with Gasteiger partial charge in [-0.3, -0.25) is 14.4 Å². The van der Waals surface area contributed by atoms with Crippen molar-refractivity contribution in [2.45, 2.75) is 64.9 Å². The summed E-state index contributed by atoms with van der Waals surface area (Å²) in [6, 6.07) is 5.12. The Morgan fingerprint density at radius 3 is 2.33 bits per heavy atom. The molecular formula is C22H29Cl2NO5. The number of rotatable bonds is 8. The van der Waals surface area contributed by atoms with Gasteiger partial charge in [-0.1, -0.05) is 42.1 Å². The summed E-state index contributed by atoms with van der Waals surface area (Å²) in [6.07, 6.45) is 2.81. The van der Waals surface area contributed by atoms with Gasteiger partial charge in [-0.25, -0.2) is 0 Å². The van der Waals surface area contributed by atoms with Crippen LogP contribution in [0.2, 0.25) is 10.0 Å². The number of hydrogen-bond donors (Lipinski definition) is 2. The van der Waals surface area contributed by atoms with Crippen molar-refractivity contribution in [3.05, 3.63) is 33.8 Å². The Balaban J connectivity index is 2.15. The summed E-state index contributed by atoms with van der Waals surface area (Å²) in [6.45, 7) is 5.38. The number of halogens is 2. The quantitative estimate of drug-likeness (QED) is 0.554. The zero-order valence-corrected chi connectivity index (χ0v) is 19.1. The molecule has 8 heteroatoms. The maximum Gasteiger partial charge on any atom is 0.311 e. The fourth-order valence-electron chi connectivity index (χ4n) is 3.80. The molecule has 2 N–H and O–H groups in total. The molecule has 166 valence electrons. The largest absolute Gasteiger partial charge is 0.481 e. The minimum Gasteiger partial charge on any atom is -0.481 e. The Hall–Kier alpha value is -1.79. The maximum atomic E-state index is 12.9. The molecule has 6 nitrogen and oxygen atoms in total. The fourth-order valence-corrected chi connectivity index (χ4v) is 4.12. The number of aliphatic carboxylic acids is 1. The number of hydrogen-bond acceptors (Lipinski definition) is 4. The van der Waals surface area contributed by atoms with E-state index in [1.165, 1.54) is 0 Å².